The number of nitrogens with two attached hydrogens (primary N) is 1. The number of halogens is 1. The zero-order valence-corrected chi connectivity index (χ0v) is 10.8. The molecule has 2 aromatic rings. The molecule has 1 aromatic heterocycles. The van der Waals surface area contributed by atoms with E-state index in [0.29, 0.717) is 18.8 Å². The molecule has 0 saturated heterocycles. The predicted molar refractivity (Wildman–Crippen MR) is 70.5 cm³/mol. The highest BCUT2D eigenvalue weighted by Crippen LogP contribution is 2.13. The van der Waals surface area contributed by atoms with E-state index in [0.717, 1.165) is 11.1 Å². The molecule has 1 aromatic carbocycles. The predicted octanol–water partition coefficient (Wildman–Crippen LogP) is 1.71. The summed E-state index contributed by atoms with van der Waals surface area (Å²) in [5.41, 5.74) is 7.44. The van der Waals surface area contributed by atoms with Crippen LogP contribution in [0, 0.1) is 12.7 Å². The van der Waals surface area contributed by atoms with Crippen LogP contribution < -0.4 is 5.73 Å². The highest BCUT2D eigenvalue weighted by Gasteiger charge is 2.12. The van der Waals surface area contributed by atoms with Crippen molar-refractivity contribution in [1.29, 1.82) is 0 Å². The maximum absolute atomic E-state index is 13.0. The number of hydrogen-bond acceptors (Lipinski definition) is 3. The molecule has 5 heteroatoms. The van der Waals surface area contributed by atoms with Crippen molar-refractivity contribution in [3.8, 4) is 0 Å². The van der Waals surface area contributed by atoms with Gasteiger partial charge < -0.3 is 10.3 Å². The molecule has 0 spiro atoms. The van der Waals surface area contributed by atoms with Crippen LogP contribution >= 0.6 is 0 Å². The normalized spacial score (nSPS) is 10.7. The number of imidazole rings is 1. The van der Waals surface area contributed by atoms with Crippen LogP contribution in [0.3, 0.4) is 0 Å². The van der Waals surface area contributed by atoms with Crippen molar-refractivity contribution >= 4 is 5.78 Å². The van der Waals surface area contributed by atoms with Crippen LogP contribution in [-0.4, -0.2) is 21.9 Å². The summed E-state index contributed by atoms with van der Waals surface area (Å²) in [5.74, 6) is -0.369. The number of benzene rings is 1. The van der Waals surface area contributed by atoms with E-state index in [1.807, 2.05) is 0 Å². The number of rotatable bonds is 5. The summed E-state index contributed by atoms with van der Waals surface area (Å²) in [4.78, 5) is 16.1. The lowest BCUT2D eigenvalue weighted by Crippen LogP contribution is -2.08. The summed E-state index contributed by atoms with van der Waals surface area (Å²) in [7, 11) is 0. The lowest BCUT2D eigenvalue weighted by Gasteiger charge is -2.03. The van der Waals surface area contributed by atoms with Crippen molar-refractivity contribution in [2.24, 2.45) is 5.73 Å². The van der Waals surface area contributed by atoms with Gasteiger partial charge in [0.15, 0.2) is 5.78 Å². The first-order valence-electron chi connectivity index (χ1n) is 6.10. The van der Waals surface area contributed by atoms with Gasteiger partial charge in [-0.2, -0.15) is 0 Å². The third-order valence-electron chi connectivity index (χ3n) is 2.96. The summed E-state index contributed by atoms with van der Waals surface area (Å²) in [6.45, 7) is 2.93. The molecule has 0 aliphatic rings. The lowest BCUT2D eigenvalue weighted by atomic mass is 10.0. The Morgan fingerprint density at radius 2 is 2.26 bits per heavy atom. The van der Waals surface area contributed by atoms with E-state index in [1.54, 1.807) is 30.1 Å². The van der Waals surface area contributed by atoms with Gasteiger partial charge in [0.25, 0.3) is 0 Å². The molecule has 0 saturated carbocycles. The number of hydrogen-bond donors (Lipinski definition) is 1. The molecule has 19 heavy (non-hydrogen) atoms. The standard InChI is InChI=1S/C14H16FN3O/c1-10-6-12(15)3-2-11(10)7-14(19)13-8-18(5-4-16)9-17-13/h2-3,6,8-9H,4-5,7,16H2,1H3. The second-order valence-electron chi connectivity index (χ2n) is 4.46. The minimum atomic E-state index is -0.291. The Labute approximate surface area is 111 Å². The second-order valence-corrected chi connectivity index (χ2v) is 4.46. The van der Waals surface area contributed by atoms with Crippen molar-refractivity contribution in [1.82, 2.24) is 9.55 Å². The summed E-state index contributed by atoms with van der Waals surface area (Å²) >= 11 is 0. The molecule has 0 unspecified atom stereocenters. The zero-order valence-electron chi connectivity index (χ0n) is 10.8. The van der Waals surface area contributed by atoms with Gasteiger partial charge in [0.1, 0.15) is 11.5 Å². The number of aromatic nitrogens is 2. The van der Waals surface area contributed by atoms with Gasteiger partial charge in [0.2, 0.25) is 0 Å². The van der Waals surface area contributed by atoms with Crippen molar-refractivity contribution in [2.75, 3.05) is 6.54 Å². The number of ketones is 1. The number of carbonyl (C=O) groups is 1. The van der Waals surface area contributed by atoms with Crippen LogP contribution in [0.5, 0.6) is 0 Å². The van der Waals surface area contributed by atoms with Crippen LogP contribution in [0.4, 0.5) is 4.39 Å². The number of carbonyl (C=O) groups excluding carboxylic acids is 1. The van der Waals surface area contributed by atoms with Crippen LogP contribution in [0.1, 0.15) is 21.6 Å². The monoisotopic (exact) mass is 261 g/mol. The Morgan fingerprint density at radius 3 is 2.95 bits per heavy atom. The molecule has 0 bridgehead atoms. The molecule has 2 N–H and O–H groups in total. The third-order valence-corrected chi connectivity index (χ3v) is 2.96. The minimum Gasteiger partial charge on any atom is -0.335 e. The molecule has 2 rings (SSSR count). The van der Waals surface area contributed by atoms with Gasteiger partial charge in [0, 0.05) is 25.7 Å². The highest BCUT2D eigenvalue weighted by molar-refractivity contribution is 5.95. The van der Waals surface area contributed by atoms with Crippen LogP contribution in [0.2, 0.25) is 0 Å². The van der Waals surface area contributed by atoms with Gasteiger partial charge in [-0.25, -0.2) is 9.37 Å². The number of aryl methyl sites for hydroxylation is 1. The van der Waals surface area contributed by atoms with Crippen molar-refractivity contribution < 1.29 is 9.18 Å². The Balaban J connectivity index is 2.11. The van der Waals surface area contributed by atoms with E-state index in [9.17, 15) is 9.18 Å². The fourth-order valence-corrected chi connectivity index (χ4v) is 1.90. The summed E-state index contributed by atoms with van der Waals surface area (Å²) in [5, 5.41) is 0. The average Bonchev–Trinajstić information content (AvgIpc) is 2.82. The van der Waals surface area contributed by atoms with Gasteiger partial charge in [-0.3, -0.25) is 4.79 Å². The smallest absolute Gasteiger partial charge is 0.187 e. The number of nitrogens with zero attached hydrogens (tertiary/aromatic N) is 2. The summed E-state index contributed by atoms with van der Waals surface area (Å²) < 4.78 is 14.8. The number of Topliss-reactive ketones (excluding diaryl/α,β-unsaturated/α-hetero) is 1. The Kier molecular flexibility index (Phi) is 4.06. The van der Waals surface area contributed by atoms with E-state index in [-0.39, 0.29) is 18.0 Å². The molecule has 0 amide bonds. The molecule has 1 heterocycles. The summed E-state index contributed by atoms with van der Waals surface area (Å²) in [6.07, 6.45) is 3.51. The van der Waals surface area contributed by atoms with E-state index in [4.69, 9.17) is 5.73 Å². The Bertz CT molecular complexity index is 592. The Hall–Kier alpha value is -2.01. The van der Waals surface area contributed by atoms with E-state index >= 15 is 0 Å². The van der Waals surface area contributed by atoms with Gasteiger partial charge in [-0.1, -0.05) is 6.07 Å². The second kappa shape index (κ2) is 5.75. The van der Waals surface area contributed by atoms with Crippen molar-refractivity contribution in [2.45, 2.75) is 19.9 Å². The largest absolute Gasteiger partial charge is 0.335 e. The molecule has 4 nitrogen and oxygen atoms in total. The van der Waals surface area contributed by atoms with Crippen LogP contribution in [-0.2, 0) is 13.0 Å². The van der Waals surface area contributed by atoms with Crippen LogP contribution in [0.25, 0.3) is 0 Å². The van der Waals surface area contributed by atoms with Crippen molar-refractivity contribution in [3.63, 3.8) is 0 Å². The summed E-state index contributed by atoms with van der Waals surface area (Å²) in [6, 6.07) is 4.43. The lowest BCUT2D eigenvalue weighted by molar-refractivity contribution is 0.0988. The van der Waals surface area contributed by atoms with Crippen molar-refractivity contribution in [3.05, 3.63) is 53.4 Å². The third kappa shape index (κ3) is 3.26. The molecule has 0 radical (unpaired) electrons. The fourth-order valence-electron chi connectivity index (χ4n) is 1.90. The fraction of sp³-hybridized carbons (Fsp3) is 0.286. The average molecular weight is 261 g/mol. The van der Waals surface area contributed by atoms with E-state index in [1.165, 1.54) is 12.1 Å². The first kappa shape index (κ1) is 13.4. The quantitative estimate of drug-likeness (QED) is 0.833. The van der Waals surface area contributed by atoms with Gasteiger partial charge in [-0.15, -0.1) is 0 Å². The van der Waals surface area contributed by atoms with E-state index in [2.05, 4.69) is 4.98 Å². The SMILES string of the molecule is Cc1cc(F)ccc1CC(=O)c1cn(CCN)cn1. The molecule has 0 atom stereocenters. The molecule has 0 aliphatic carbocycles. The molecule has 0 aliphatic heterocycles. The van der Waals surface area contributed by atoms with Crippen LogP contribution in [0.15, 0.2) is 30.7 Å². The van der Waals surface area contributed by atoms with E-state index < -0.39 is 0 Å². The highest BCUT2D eigenvalue weighted by atomic mass is 19.1. The van der Waals surface area contributed by atoms with Gasteiger partial charge >= 0.3 is 0 Å². The first-order chi connectivity index (χ1) is 9.10. The molecule has 100 valence electrons. The molecular formula is C14H16FN3O. The van der Waals surface area contributed by atoms with Gasteiger partial charge in [0.05, 0.1) is 6.33 Å². The molecule has 0 fully saturated rings. The zero-order chi connectivity index (χ0) is 13.8. The topological polar surface area (TPSA) is 60.9 Å². The Morgan fingerprint density at radius 1 is 1.47 bits per heavy atom. The maximum Gasteiger partial charge on any atom is 0.187 e. The van der Waals surface area contributed by atoms with Gasteiger partial charge in [-0.05, 0) is 30.2 Å². The minimum absolute atomic E-state index is 0.0783. The molecular weight excluding hydrogens is 245 g/mol. The first-order valence-corrected chi connectivity index (χ1v) is 6.10. The maximum atomic E-state index is 13.0.